The Hall–Kier alpha value is -1.09. The van der Waals surface area contributed by atoms with E-state index in [-0.39, 0.29) is 0 Å². The van der Waals surface area contributed by atoms with Crippen LogP contribution in [0.4, 0.5) is 5.69 Å². The normalized spacial score (nSPS) is 9.79. The van der Waals surface area contributed by atoms with E-state index in [9.17, 15) is 0 Å². The quantitative estimate of drug-likeness (QED) is 0.747. The van der Waals surface area contributed by atoms with Crippen LogP contribution in [0.5, 0.6) is 0 Å². The topological polar surface area (TPSA) is 38.0 Å². The van der Waals surface area contributed by atoms with Crippen molar-refractivity contribution in [2.45, 2.75) is 26.2 Å². The molecule has 0 aliphatic rings. The number of benzene rings is 1. The second-order valence-corrected chi connectivity index (χ2v) is 3.69. The fourth-order valence-electron chi connectivity index (χ4n) is 1.36. The van der Waals surface area contributed by atoms with Gasteiger partial charge in [-0.1, -0.05) is 31.5 Å². The molecule has 0 fully saturated rings. The minimum Gasteiger partial charge on any atom is -0.376 e. The number of nitrogens with two attached hydrogens (primary N) is 1. The van der Waals surface area contributed by atoms with Gasteiger partial charge in [0.25, 0.3) is 0 Å². The van der Waals surface area contributed by atoms with Gasteiger partial charge in [-0.15, -0.1) is 0 Å². The number of aryl methyl sites for hydroxylation is 1. The summed E-state index contributed by atoms with van der Waals surface area (Å²) in [5.74, 6) is 0. The van der Waals surface area contributed by atoms with Crippen LogP contribution >= 0.6 is 12.2 Å². The Labute approximate surface area is 90.5 Å². The first-order chi connectivity index (χ1) is 6.74. The molecule has 0 unspecified atom stereocenters. The van der Waals surface area contributed by atoms with Crippen molar-refractivity contribution in [2.75, 3.05) is 5.32 Å². The molecule has 14 heavy (non-hydrogen) atoms. The lowest BCUT2D eigenvalue weighted by Gasteiger charge is -2.09. The minimum absolute atomic E-state index is 0.328. The molecule has 1 aromatic carbocycles. The molecular weight excluding hydrogens is 192 g/mol. The number of thiocarbonyl (C=S) groups is 1. The second-order valence-electron chi connectivity index (χ2n) is 3.25. The van der Waals surface area contributed by atoms with Crippen molar-refractivity contribution < 1.29 is 0 Å². The van der Waals surface area contributed by atoms with Gasteiger partial charge in [-0.3, -0.25) is 0 Å². The summed E-state index contributed by atoms with van der Waals surface area (Å²) < 4.78 is 0. The lowest BCUT2D eigenvalue weighted by molar-refractivity contribution is 0.796. The van der Waals surface area contributed by atoms with Gasteiger partial charge < -0.3 is 11.1 Å². The zero-order chi connectivity index (χ0) is 10.4. The molecule has 0 saturated heterocycles. The van der Waals surface area contributed by atoms with Gasteiger partial charge >= 0.3 is 0 Å². The molecule has 3 heteroatoms. The van der Waals surface area contributed by atoms with Crippen molar-refractivity contribution in [3.63, 3.8) is 0 Å². The molecule has 76 valence electrons. The number of unbranched alkanes of at least 4 members (excludes halogenated alkanes) is 1. The Balaban J connectivity index is 2.74. The van der Waals surface area contributed by atoms with Crippen LogP contribution < -0.4 is 11.1 Å². The van der Waals surface area contributed by atoms with E-state index in [1.807, 2.05) is 18.2 Å². The first-order valence-corrected chi connectivity index (χ1v) is 5.29. The SMILES string of the molecule is CCCCc1ccccc1NC(N)=S. The molecular formula is C11H16N2S. The predicted octanol–water partition coefficient (Wildman–Crippen LogP) is 2.68. The summed E-state index contributed by atoms with van der Waals surface area (Å²) in [5, 5.41) is 3.32. The number of para-hydroxylation sites is 1. The number of rotatable bonds is 4. The van der Waals surface area contributed by atoms with E-state index in [0.717, 1.165) is 12.1 Å². The van der Waals surface area contributed by atoms with Crippen LogP contribution in [0.2, 0.25) is 0 Å². The Morgan fingerprint density at radius 2 is 2.14 bits per heavy atom. The molecule has 0 aliphatic heterocycles. The standard InChI is InChI=1S/C11H16N2S/c1-2-3-6-9-7-4-5-8-10(9)13-11(12)14/h4-5,7-8H,2-3,6H2,1H3,(H3,12,13,14). The third kappa shape index (κ3) is 3.34. The lowest BCUT2D eigenvalue weighted by atomic mass is 10.1. The molecule has 0 aliphatic carbocycles. The Morgan fingerprint density at radius 3 is 2.79 bits per heavy atom. The monoisotopic (exact) mass is 208 g/mol. The van der Waals surface area contributed by atoms with Crippen molar-refractivity contribution >= 4 is 23.0 Å². The summed E-state index contributed by atoms with van der Waals surface area (Å²) in [7, 11) is 0. The van der Waals surface area contributed by atoms with Crippen molar-refractivity contribution in [3.05, 3.63) is 29.8 Å². The Morgan fingerprint density at radius 1 is 1.43 bits per heavy atom. The highest BCUT2D eigenvalue weighted by atomic mass is 32.1. The van der Waals surface area contributed by atoms with Crippen LogP contribution in [-0.4, -0.2) is 5.11 Å². The van der Waals surface area contributed by atoms with E-state index >= 15 is 0 Å². The van der Waals surface area contributed by atoms with Gasteiger partial charge in [0.2, 0.25) is 0 Å². The Bertz CT molecular complexity index is 310. The van der Waals surface area contributed by atoms with Crippen LogP contribution in [0, 0.1) is 0 Å². The van der Waals surface area contributed by atoms with Crippen molar-refractivity contribution in [1.82, 2.24) is 0 Å². The zero-order valence-electron chi connectivity index (χ0n) is 8.42. The van der Waals surface area contributed by atoms with Gasteiger partial charge in [-0.2, -0.15) is 0 Å². The summed E-state index contributed by atoms with van der Waals surface area (Å²) in [6.07, 6.45) is 3.46. The van der Waals surface area contributed by atoms with E-state index < -0.39 is 0 Å². The van der Waals surface area contributed by atoms with Crippen LogP contribution in [0.15, 0.2) is 24.3 Å². The molecule has 0 amide bonds. The maximum absolute atomic E-state index is 5.44. The second kappa shape index (κ2) is 5.60. The van der Waals surface area contributed by atoms with Gasteiger partial charge in [0, 0.05) is 5.69 Å². The molecule has 1 rings (SSSR count). The molecule has 1 aromatic rings. The molecule has 0 saturated carbocycles. The van der Waals surface area contributed by atoms with Crippen LogP contribution in [0.3, 0.4) is 0 Å². The van der Waals surface area contributed by atoms with E-state index in [1.165, 1.54) is 18.4 Å². The number of anilines is 1. The number of hydrogen-bond donors (Lipinski definition) is 2. The largest absolute Gasteiger partial charge is 0.376 e. The van der Waals surface area contributed by atoms with Crippen molar-refractivity contribution in [3.8, 4) is 0 Å². The number of nitrogens with one attached hydrogen (secondary N) is 1. The Kier molecular flexibility index (Phi) is 4.40. The average molecular weight is 208 g/mol. The van der Waals surface area contributed by atoms with Gasteiger partial charge in [-0.05, 0) is 36.7 Å². The highest BCUT2D eigenvalue weighted by molar-refractivity contribution is 7.80. The zero-order valence-corrected chi connectivity index (χ0v) is 9.23. The fraction of sp³-hybridized carbons (Fsp3) is 0.364. The molecule has 2 nitrogen and oxygen atoms in total. The van der Waals surface area contributed by atoms with Crippen LogP contribution in [0.1, 0.15) is 25.3 Å². The summed E-state index contributed by atoms with van der Waals surface area (Å²) in [5.41, 5.74) is 7.76. The maximum Gasteiger partial charge on any atom is 0.168 e. The van der Waals surface area contributed by atoms with E-state index in [0.29, 0.717) is 5.11 Å². The summed E-state index contributed by atoms with van der Waals surface area (Å²) >= 11 is 4.82. The summed E-state index contributed by atoms with van der Waals surface area (Å²) in [6, 6.07) is 8.13. The molecule has 3 N–H and O–H groups in total. The molecule has 0 heterocycles. The van der Waals surface area contributed by atoms with E-state index in [1.54, 1.807) is 0 Å². The molecule has 0 radical (unpaired) electrons. The minimum atomic E-state index is 0.328. The molecule has 0 spiro atoms. The first-order valence-electron chi connectivity index (χ1n) is 4.88. The summed E-state index contributed by atoms with van der Waals surface area (Å²) in [6.45, 7) is 2.18. The number of hydrogen-bond acceptors (Lipinski definition) is 1. The maximum atomic E-state index is 5.44. The van der Waals surface area contributed by atoms with Crippen LogP contribution in [0.25, 0.3) is 0 Å². The van der Waals surface area contributed by atoms with Gasteiger partial charge in [0.1, 0.15) is 0 Å². The average Bonchev–Trinajstić information content (AvgIpc) is 2.16. The molecule has 0 atom stereocenters. The highest BCUT2D eigenvalue weighted by Gasteiger charge is 2.00. The van der Waals surface area contributed by atoms with Gasteiger partial charge in [0.15, 0.2) is 5.11 Å². The van der Waals surface area contributed by atoms with E-state index in [2.05, 4.69) is 18.3 Å². The fourth-order valence-corrected chi connectivity index (χ4v) is 1.47. The van der Waals surface area contributed by atoms with Crippen molar-refractivity contribution in [2.24, 2.45) is 5.73 Å². The third-order valence-electron chi connectivity index (χ3n) is 2.07. The lowest BCUT2D eigenvalue weighted by Crippen LogP contribution is -2.19. The van der Waals surface area contributed by atoms with E-state index in [4.69, 9.17) is 18.0 Å². The van der Waals surface area contributed by atoms with Crippen LogP contribution in [-0.2, 0) is 6.42 Å². The third-order valence-corrected chi connectivity index (χ3v) is 2.18. The smallest absolute Gasteiger partial charge is 0.168 e. The predicted molar refractivity (Wildman–Crippen MR) is 65.5 cm³/mol. The first kappa shape index (κ1) is 11.0. The van der Waals surface area contributed by atoms with Gasteiger partial charge in [0.05, 0.1) is 0 Å². The van der Waals surface area contributed by atoms with Crippen molar-refractivity contribution in [1.29, 1.82) is 0 Å². The van der Waals surface area contributed by atoms with Gasteiger partial charge in [-0.25, -0.2) is 0 Å². The molecule has 0 aromatic heterocycles. The summed E-state index contributed by atoms with van der Waals surface area (Å²) in [4.78, 5) is 0. The molecule has 0 bridgehead atoms. The highest BCUT2D eigenvalue weighted by Crippen LogP contribution is 2.16.